The summed E-state index contributed by atoms with van der Waals surface area (Å²) in [5, 5.41) is 16.6. The highest BCUT2D eigenvalue weighted by molar-refractivity contribution is 5.66. The van der Waals surface area contributed by atoms with Crippen LogP contribution in [0.4, 0.5) is 17.8 Å². The van der Waals surface area contributed by atoms with Crippen LogP contribution in [0.15, 0.2) is 0 Å². The zero-order valence-corrected chi connectivity index (χ0v) is 24.0. The summed E-state index contributed by atoms with van der Waals surface area (Å²) < 4.78 is 0. The van der Waals surface area contributed by atoms with Crippen LogP contribution >= 0.6 is 0 Å². The van der Waals surface area contributed by atoms with Crippen molar-refractivity contribution in [3.05, 3.63) is 0 Å². The molecule has 6 N–H and O–H groups in total. The number of carboxylic acids is 2. The molecule has 0 fully saturated rings. The zero-order valence-electron chi connectivity index (χ0n) is 24.0. The highest BCUT2D eigenvalue weighted by Crippen LogP contribution is 2.15. The fourth-order valence-electron chi connectivity index (χ4n) is 4.10. The lowest BCUT2D eigenvalue weighted by Gasteiger charge is -2.23. The van der Waals surface area contributed by atoms with Crippen molar-refractivity contribution >= 4 is 29.8 Å². The Morgan fingerprint density at radius 2 is 0.921 bits per heavy atom. The second kappa shape index (κ2) is 24.7. The Bertz CT molecular complexity index is 681. The molecular formula is C28H54N6O4. The smallest absolute Gasteiger partial charge is 0.303 e. The van der Waals surface area contributed by atoms with E-state index in [2.05, 4.69) is 33.7 Å². The predicted molar refractivity (Wildman–Crippen MR) is 155 cm³/mol. The van der Waals surface area contributed by atoms with Crippen LogP contribution < -0.4 is 16.4 Å². The average Bonchev–Trinajstić information content (AvgIpc) is 2.85. The van der Waals surface area contributed by atoms with E-state index in [1.165, 1.54) is 64.2 Å². The molecule has 38 heavy (non-hydrogen) atoms. The highest BCUT2D eigenvalue weighted by Gasteiger charge is 2.11. The van der Waals surface area contributed by atoms with Crippen LogP contribution in [0, 0.1) is 0 Å². The van der Waals surface area contributed by atoms with Crippen molar-refractivity contribution in [2.75, 3.05) is 29.5 Å². The maximum atomic E-state index is 10.1. The van der Waals surface area contributed by atoms with E-state index >= 15 is 0 Å². The second-order valence-corrected chi connectivity index (χ2v) is 9.93. The molecule has 0 saturated carbocycles. The van der Waals surface area contributed by atoms with Crippen molar-refractivity contribution < 1.29 is 19.8 Å². The highest BCUT2D eigenvalue weighted by atomic mass is 16.4. The molecule has 0 aliphatic heterocycles. The van der Waals surface area contributed by atoms with Gasteiger partial charge in [-0.2, -0.15) is 15.0 Å². The number of unbranched alkanes of at least 4 members (excludes halogenated alkanes) is 14. The fourth-order valence-corrected chi connectivity index (χ4v) is 4.10. The number of anilines is 3. The van der Waals surface area contributed by atoms with E-state index < -0.39 is 11.9 Å². The molecule has 220 valence electrons. The zero-order chi connectivity index (χ0) is 28.4. The van der Waals surface area contributed by atoms with Crippen LogP contribution in [0.1, 0.15) is 136 Å². The predicted octanol–water partition coefficient (Wildman–Crippen LogP) is 6.45. The van der Waals surface area contributed by atoms with E-state index in [0.717, 1.165) is 45.2 Å². The summed E-state index contributed by atoms with van der Waals surface area (Å²) in [5.74, 6) is -0.472. The van der Waals surface area contributed by atoms with Gasteiger partial charge >= 0.3 is 11.9 Å². The van der Waals surface area contributed by atoms with Crippen molar-refractivity contribution in [3.63, 3.8) is 0 Å². The molecule has 0 aliphatic carbocycles. The molecule has 10 heteroatoms. The normalized spacial score (nSPS) is 10.6. The lowest BCUT2D eigenvalue weighted by Crippen LogP contribution is -2.28. The summed E-state index contributed by atoms with van der Waals surface area (Å²) in [7, 11) is 0. The first-order valence-corrected chi connectivity index (χ1v) is 14.8. The Kier molecular flexibility index (Phi) is 23.0. The summed E-state index contributed by atoms with van der Waals surface area (Å²) in [6.45, 7) is 6.42. The third-order valence-electron chi connectivity index (χ3n) is 6.29. The Morgan fingerprint density at radius 1 is 0.579 bits per heavy atom. The number of rotatable bonds is 23. The number of hydrogen-bond acceptors (Lipinski definition) is 8. The van der Waals surface area contributed by atoms with Crippen LogP contribution in [0.25, 0.3) is 0 Å². The molecule has 0 bridgehead atoms. The van der Waals surface area contributed by atoms with E-state index in [1.807, 2.05) is 0 Å². The Labute approximate surface area is 230 Å². The summed E-state index contributed by atoms with van der Waals surface area (Å²) in [5.41, 5.74) is 11.5. The number of carbonyl (C=O) groups is 2. The van der Waals surface area contributed by atoms with Gasteiger partial charge in [0.1, 0.15) is 0 Å². The topological polar surface area (TPSA) is 169 Å². The van der Waals surface area contributed by atoms with Gasteiger partial charge in [0.15, 0.2) is 0 Å². The molecule has 0 spiro atoms. The van der Waals surface area contributed by atoms with E-state index in [0.29, 0.717) is 18.8 Å². The largest absolute Gasteiger partial charge is 0.481 e. The van der Waals surface area contributed by atoms with Crippen molar-refractivity contribution in [1.82, 2.24) is 15.0 Å². The van der Waals surface area contributed by atoms with Gasteiger partial charge in [0.2, 0.25) is 17.8 Å². The standard InChI is InChI=1S/C19H38N6.C9H16O4/c1-3-5-7-9-11-13-15-25(16-14-12-10-8-6-4-2)19-23-17(20)22-18(21)24-19;10-8(11)6-4-2-1-3-5-7-9(12)13/h3-16H2,1-2H3,(H4,20,21,22,23,24);1-7H2,(H,10,11)(H,12,13). The summed E-state index contributed by atoms with van der Waals surface area (Å²) in [6, 6.07) is 0. The van der Waals surface area contributed by atoms with Crippen LogP contribution in [0.3, 0.4) is 0 Å². The van der Waals surface area contributed by atoms with Gasteiger partial charge in [-0.15, -0.1) is 0 Å². The molecule has 1 heterocycles. The maximum absolute atomic E-state index is 10.1. The van der Waals surface area contributed by atoms with Crippen LogP contribution in [-0.2, 0) is 9.59 Å². The molecule has 0 amide bonds. The molecular weight excluding hydrogens is 484 g/mol. The number of hydrogen-bond donors (Lipinski definition) is 4. The molecule has 1 rings (SSSR count). The van der Waals surface area contributed by atoms with Gasteiger partial charge in [0, 0.05) is 25.9 Å². The number of nitrogens with zero attached hydrogens (tertiary/aromatic N) is 4. The first-order chi connectivity index (χ1) is 18.3. The minimum Gasteiger partial charge on any atom is -0.481 e. The number of carboxylic acid groups (broad SMARTS) is 2. The van der Waals surface area contributed by atoms with Gasteiger partial charge in [0.05, 0.1) is 0 Å². The molecule has 1 aromatic rings. The van der Waals surface area contributed by atoms with Crippen LogP contribution in [-0.4, -0.2) is 50.2 Å². The maximum Gasteiger partial charge on any atom is 0.303 e. The molecule has 0 unspecified atom stereocenters. The second-order valence-electron chi connectivity index (χ2n) is 9.93. The lowest BCUT2D eigenvalue weighted by molar-refractivity contribution is -0.138. The van der Waals surface area contributed by atoms with Crippen molar-refractivity contribution in [2.45, 2.75) is 136 Å². The Balaban J connectivity index is 0.000000889. The first-order valence-electron chi connectivity index (χ1n) is 14.8. The molecule has 0 saturated heterocycles. The molecule has 0 radical (unpaired) electrons. The minimum absolute atomic E-state index is 0.207. The SMILES string of the molecule is CCCCCCCCN(CCCCCCCC)c1nc(N)nc(N)n1.O=C(O)CCCCCCCC(=O)O. The molecule has 0 aliphatic rings. The van der Waals surface area contributed by atoms with Gasteiger partial charge in [-0.25, -0.2) is 0 Å². The lowest BCUT2D eigenvalue weighted by atomic mass is 10.1. The van der Waals surface area contributed by atoms with E-state index in [-0.39, 0.29) is 24.7 Å². The summed E-state index contributed by atoms with van der Waals surface area (Å²) in [6.07, 6.45) is 19.9. The molecule has 1 aromatic heterocycles. The van der Waals surface area contributed by atoms with Crippen LogP contribution in [0.2, 0.25) is 0 Å². The van der Waals surface area contributed by atoms with Gasteiger partial charge in [-0.05, 0) is 25.7 Å². The Hall–Kier alpha value is -2.65. The third-order valence-corrected chi connectivity index (χ3v) is 6.29. The van der Waals surface area contributed by atoms with E-state index in [1.54, 1.807) is 0 Å². The monoisotopic (exact) mass is 538 g/mol. The van der Waals surface area contributed by atoms with E-state index in [4.69, 9.17) is 21.7 Å². The number of nitrogen functional groups attached to an aromatic ring is 2. The summed E-state index contributed by atoms with van der Waals surface area (Å²) in [4.78, 5) is 34.9. The number of nitrogens with two attached hydrogens (primary N) is 2. The quantitative estimate of drug-likeness (QED) is 0.114. The number of aliphatic carboxylic acids is 2. The third kappa shape index (κ3) is 22.5. The summed E-state index contributed by atoms with van der Waals surface area (Å²) >= 11 is 0. The van der Waals surface area contributed by atoms with Gasteiger partial charge in [0.25, 0.3) is 0 Å². The van der Waals surface area contributed by atoms with Crippen LogP contribution in [0.5, 0.6) is 0 Å². The molecule has 0 aromatic carbocycles. The minimum atomic E-state index is -0.759. The van der Waals surface area contributed by atoms with Crippen molar-refractivity contribution in [1.29, 1.82) is 0 Å². The molecule has 0 atom stereocenters. The average molecular weight is 539 g/mol. The van der Waals surface area contributed by atoms with Gasteiger partial charge in [-0.1, -0.05) is 97.3 Å². The Morgan fingerprint density at radius 3 is 1.29 bits per heavy atom. The van der Waals surface area contributed by atoms with Crippen molar-refractivity contribution in [3.8, 4) is 0 Å². The van der Waals surface area contributed by atoms with Gasteiger partial charge in [-0.3, -0.25) is 9.59 Å². The van der Waals surface area contributed by atoms with E-state index in [9.17, 15) is 9.59 Å². The number of aromatic nitrogens is 3. The fraction of sp³-hybridized carbons (Fsp3) is 0.821. The first kappa shape index (κ1) is 35.4. The van der Waals surface area contributed by atoms with Crippen molar-refractivity contribution in [2.24, 2.45) is 0 Å². The van der Waals surface area contributed by atoms with Gasteiger partial charge < -0.3 is 26.6 Å². The molecule has 10 nitrogen and oxygen atoms in total.